The summed E-state index contributed by atoms with van der Waals surface area (Å²) in [5, 5.41) is 2.71. The van der Waals surface area contributed by atoms with Gasteiger partial charge >= 0.3 is 0 Å². The molecule has 0 bridgehead atoms. The molecule has 0 aliphatic heterocycles. The maximum absolute atomic E-state index is 13.1. The third-order valence-corrected chi connectivity index (χ3v) is 3.25. The number of carbonyl (C=O) groups is 2. The van der Waals surface area contributed by atoms with Crippen LogP contribution >= 0.6 is 0 Å². The number of pyridine rings is 1. The molecule has 0 spiro atoms. The second-order valence-corrected chi connectivity index (χ2v) is 6.46. The standard InChI is InChI=1S/C18H19FN2O3/c1-18(2,3)20-17(24)15(21-11-5-4-6-14(21)22)16(23)12-7-9-13(19)10-8-12/h4-11,15H,1-3H3,(H,20,24). The van der Waals surface area contributed by atoms with E-state index in [1.54, 1.807) is 26.8 Å². The fraction of sp³-hybridized carbons (Fsp3) is 0.278. The van der Waals surface area contributed by atoms with Crippen LogP contribution in [0.1, 0.15) is 37.2 Å². The monoisotopic (exact) mass is 330 g/mol. The van der Waals surface area contributed by atoms with Crippen LogP contribution in [0.2, 0.25) is 0 Å². The quantitative estimate of drug-likeness (QED) is 0.691. The Morgan fingerprint density at radius 2 is 1.71 bits per heavy atom. The molecule has 24 heavy (non-hydrogen) atoms. The highest BCUT2D eigenvalue weighted by Gasteiger charge is 2.32. The maximum Gasteiger partial charge on any atom is 0.251 e. The number of Topliss-reactive ketones (excluding diaryl/α,β-unsaturated/α-hetero) is 1. The van der Waals surface area contributed by atoms with E-state index in [4.69, 9.17) is 0 Å². The first-order chi connectivity index (χ1) is 11.2. The second-order valence-electron chi connectivity index (χ2n) is 6.46. The van der Waals surface area contributed by atoms with Crippen molar-refractivity contribution in [2.24, 2.45) is 0 Å². The predicted octanol–water partition coefficient (Wildman–Crippen LogP) is 2.33. The van der Waals surface area contributed by atoms with Crippen LogP contribution in [0.3, 0.4) is 0 Å². The first-order valence-electron chi connectivity index (χ1n) is 7.48. The van der Waals surface area contributed by atoms with E-state index in [1.807, 2.05) is 0 Å². The molecular formula is C18H19FN2O3. The highest BCUT2D eigenvalue weighted by atomic mass is 19.1. The van der Waals surface area contributed by atoms with E-state index >= 15 is 0 Å². The third-order valence-electron chi connectivity index (χ3n) is 3.25. The Hall–Kier alpha value is -2.76. The first kappa shape index (κ1) is 17.6. The molecule has 5 nitrogen and oxygen atoms in total. The zero-order valence-electron chi connectivity index (χ0n) is 13.7. The van der Waals surface area contributed by atoms with E-state index in [-0.39, 0.29) is 5.56 Å². The van der Waals surface area contributed by atoms with Crippen LogP contribution in [-0.2, 0) is 4.79 Å². The minimum absolute atomic E-state index is 0.154. The molecule has 126 valence electrons. The number of hydrogen-bond acceptors (Lipinski definition) is 3. The molecular weight excluding hydrogens is 311 g/mol. The van der Waals surface area contributed by atoms with Gasteiger partial charge in [-0.25, -0.2) is 4.39 Å². The molecule has 2 aromatic rings. The zero-order chi connectivity index (χ0) is 17.9. The highest BCUT2D eigenvalue weighted by Crippen LogP contribution is 2.16. The van der Waals surface area contributed by atoms with Gasteiger partial charge in [0.1, 0.15) is 5.82 Å². The lowest BCUT2D eigenvalue weighted by Crippen LogP contribution is -2.48. The van der Waals surface area contributed by atoms with Gasteiger partial charge in [0.05, 0.1) is 0 Å². The van der Waals surface area contributed by atoms with Crippen molar-refractivity contribution < 1.29 is 14.0 Å². The van der Waals surface area contributed by atoms with E-state index < -0.39 is 34.6 Å². The van der Waals surface area contributed by atoms with Crippen molar-refractivity contribution >= 4 is 11.7 Å². The normalized spacial score (nSPS) is 12.5. The van der Waals surface area contributed by atoms with Crippen molar-refractivity contribution in [3.63, 3.8) is 0 Å². The summed E-state index contributed by atoms with van der Waals surface area (Å²) < 4.78 is 14.1. The number of rotatable bonds is 4. The number of aromatic nitrogens is 1. The molecule has 1 aromatic carbocycles. The van der Waals surface area contributed by atoms with Gasteiger partial charge in [-0.15, -0.1) is 0 Å². The molecule has 1 amide bonds. The van der Waals surface area contributed by atoms with Gasteiger partial charge in [0.25, 0.3) is 11.5 Å². The lowest BCUT2D eigenvalue weighted by molar-refractivity contribution is -0.124. The average Bonchev–Trinajstić information content (AvgIpc) is 2.48. The summed E-state index contributed by atoms with van der Waals surface area (Å²) in [6.07, 6.45) is 1.39. The van der Waals surface area contributed by atoms with Crippen LogP contribution in [0.5, 0.6) is 0 Å². The van der Waals surface area contributed by atoms with Crippen molar-refractivity contribution in [1.82, 2.24) is 9.88 Å². The fourth-order valence-electron chi connectivity index (χ4n) is 2.23. The molecule has 1 aromatic heterocycles. The van der Waals surface area contributed by atoms with Crippen LogP contribution < -0.4 is 10.9 Å². The maximum atomic E-state index is 13.1. The van der Waals surface area contributed by atoms with Gasteiger partial charge in [-0.1, -0.05) is 6.07 Å². The highest BCUT2D eigenvalue weighted by molar-refractivity contribution is 6.11. The van der Waals surface area contributed by atoms with Crippen LogP contribution in [0, 0.1) is 5.82 Å². The van der Waals surface area contributed by atoms with Crippen molar-refractivity contribution in [1.29, 1.82) is 0 Å². The Kier molecular flexibility index (Phi) is 4.97. The third kappa shape index (κ3) is 4.16. The number of benzene rings is 1. The Balaban J connectivity index is 2.48. The lowest BCUT2D eigenvalue weighted by atomic mass is 10.0. The molecule has 1 unspecified atom stereocenters. The molecule has 6 heteroatoms. The Labute approximate surface area is 139 Å². The van der Waals surface area contributed by atoms with Crippen molar-refractivity contribution in [3.8, 4) is 0 Å². The van der Waals surface area contributed by atoms with Crippen LogP contribution in [0.25, 0.3) is 0 Å². The number of ketones is 1. The van der Waals surface area contributed by atoms with Gasteiger partial charge in [-0.05, 0) is 51.1 Å². The average molecular weight is 330 g/mol. The predicted molar refractivity (Wildman–Crippen MR) is 88.4 cm³/mol. The molecule has 0 saturated carbocycles. The van der Waals surface area contributed by atoms with Gasteiger partial charge in [0, 0.05) is 23.4 Å². The minimum Gasteiger partial charge on any atom is -0.349 e. The summed E-state index contributed by atoms with van der Waals surface area (Å²) in [7, 11) is 0. The Bertz CT molecular complexity index is 804. The minimum atomic E-state index is -1.36. The van der Waals surface area contributed by atoms with E-state index in [9.17, 15) is 18.8 Å². The van der Waals surface area contributed by atoms with E-state index in [0.717, 1.165) is 16.7 Å². The van der Waals surface area contributed by atoms with E-state index in [1.165, 1.54) is 30.5 Å². The van der Waals surface area contributed by atoms with Crippen LogP contribution in [0.4, 0.5) is 4.39 Å². The lowest BCUT2D eigenvalue weighted by Gasteiger charge is -2.25. The summed E-state index contributed by atoms with van der Waals surface area (Å²) in [6.45, 7) is 5.33. The summed E-state index contributed by atoms with van der Waals surface area (Å²) in [6, 6.07) is 7.88. The number of hydrogen-bond donors (Lipinski definition) is 1. The second kappa shape index (κ2) is 6.78. The van der Waals surface area contributed by atoms with E-state index in [2.05, 4.69) is 5.32 Å². The summed E-state index contributed by atoms with van der Waals surface area (Å²) >= 11 is 0. The smallest absolute Gasteiger partial charge is 0.251 e. The van der Waals surface area contributed by atoms with Crippen molar-refractivity contribution in [2.75, 3.05) is 0 Å². The van der Waals surface area contributed by atoms with E-state index in [0.29, 0.717) is 0 Å². The number of halogens is 1. The Morgan fingerprint density at radius 3 is 2.25 bits per heavy atom. The fourth-order valence-corrected chi connectivity index (χ4v) is 2.23. The van der Waals surface area contributed by atoms with Gasteiger partial charge in [-0.2, -0.15) is 0 Å². The summed E-state index contributed by atoms with van der Waals surface area (Å²) in [5.41, 5.74) is -0.889. The topological polar surface area (TPSA) is 68.2 Å². The molecule has 0 fully saturated rings. The molecule has 0 aliphatic rings. The number of amides is 1. The molecule has 0 aliphatic carbocycles. The number of nitrogens with one attached hydrogen (secondary N) is 1. The van der Waals surface area contributed by atoms with Crippen LogP contribution in [-0.4, -0.2) is 21.8 Å². The number of carbonyl (C=O) groups excluding carboxylic acids is 2. The van der Waals surface area contributed by atoms with Gasteiger partial charge in [-0.3, -0.25) is 19.0 Å². The van der Waals surface area contributed by atoms with Crippen molar-refractivity contribution in [3.05, 3.63) is 70.4 Å². The largest absolute Gasteiger partial charge is 0.349 e. The SMILES string of the molecule is CC(C)(C)NC(=O)C(C(=O)c1ccc(F)cc1)n1ccccc1=O. The summed E-state index contributed by atoms with van der Waals surface area (Å²) in [4.78, 5) is 37.5. The molecule has 1 N–H and O–H groups in total. The van der Waals surface area contributed by atoms with Gasteiger partial charge < -0.3 is 5.32 Å². The molecule has 0 radical (unpaired) electrons. The Morgan fingerprint density at radius 1 is 1.08 bits per heavy atom. The molecule has 0 saturated heterocycles. The zero-order valence-corrected chi connectivity index (χ0v) is 13.7. The molecule has 1 heterocycles. The summed E-state index contributed by atoms with van der Waals surface area (Å²) in [5.74, 6) is -1.66. The molecule has 1 atom stereocenters. The van der Waals surface area contributed by atoms with Gasteiger partial charge in [0.2, 0.25) is 0 Å². The molecule has 2 rings (SSSR count). The number of nitrogens with zero attached hydrogens (tertiary/aromatic N) is 1. The van der Waals surface area contributed by atoms with Crippen molar-refractivity contribution in [2.45, 2.75) is 32.4 Å². The van der Waals surface area contributed by atoms with Gasteiger partial charge in [0.15, 0.2) is 11.8 Å². The van der Waals surface area contributed by atoms with Crippen LogP contribution in [0.15, 0.2) is 53.5 Å². The first-order valence-corrected chi connectivity index (χ1v) is 7.48.